The molecule has 0 aromatic rings. The minimum atomic E-state index is -1.39. The van der Waals surface area contributed by atoms with Gasteiger partial charge in [0.05, 0.1) is 32.5 Å². The highest BCUT2D eigenvalue weighted by Gasteiger charge is 2.19. The Kier molecular flexibility index (Phi) is 26.7. The molecule has 0 aliphatic carbocycles. The van der Waals surface area contributed by atoms with Gasteiger partial charge in [-0.05, 0) is 39.7 Å². The number of amides is 7. The quantitative estimate of drug-likeness (QED) is 0.0203. The summed E-state index contributed by atoms with van der Waals surface area (Å²) in [5.41, 5.74) is 0. The molecule has 0 radical (unpaired) electrons. The number of nitrogens with zero attached hydrogens (tertiary/aromatic N) is 2. The Morgan fingerprint density at radius 1 is 0.759 bits per heavy atom. The Balaban J connectivity index is 4.34. The number of aliphatic hydroxyl groups is 1. The molecule has 0 aliphatic rings. The van der Waals surface area contributed by atoms with E-state index in [0.717, 1.165) is 5.06 Å². The maximum absolute atomic E-state index is 12.3. The van der Waals surface area contributed by atoms with E-state index in [1.165, 1.54) is 25.9 Å². The number of carbonyl (C=O) groups excluding carboxylic acids is 10. The van der Waals surface area contributed by atoms with Gasteiger partial charge in [-0.1, -0.05) is 0 Å². The minimum Gasteiger partial charge on any atom is -0.385 e. The van der Waals surface area contributed by atoms with E-state index in [4.69, 9.17) is 4.84 Å². The average Bonchev–Trinajstić information content (AvgIpc) is 3.12. The second-order valence-electron chi connectivity index (χ2n) is 12.3. The van der Waals surface area contributed by atoms with Crippen molar-refractivity contribution in [2.24, 2.45) is 0 Å². The van der Waals surface area contributed by atoms with E-state index in [1.807, 2.05) is 0 Å². The number of carbonyl (C=O) groups is 10. The standard InChI is InChI=1S/C33H57N9O12/c1-23(39-26(46)10-7-15-41(3)31(51)17-25(45)22-44)33(53)38-21-28(48)37-20-27(47)36-13-6-5-9-24(40-29(49)19-34-2)18-35-14-12-32(52)54-42(4)30(50)11-8-16-43/h16,22-25,34-35,45H,5-15,17-21H2,1-4H3,(H,36,47)(H,37,48)(H,38,53)(H,39,46)(H,40,49). The van der Waals surface area contributed by atoms with Gasteiger partial charge in [-0.2, -0.15) is 5.06 Å². The van der Waals surface area contributed by atoms with Gasteiger partial charge in [0.15, 0.2) is 0 Å². The van der Waals surface area contributed by atoms with Crippen LogP contribution in [0.5, 0.6) is 0 Å². The number of hydrogen-bond acceptors (Lipinski definition) is 14. The first-order valence-electron chi connectivity index (χ1n) is 17.7. The van der Waals surface area contributed by atoms with E-state index in [1.54, 1.807) is 7.05 Å². The molecule has 21 heteroatoms. The van der Waals surface area contributed by atoms with E-state index in [-0.39, 0.29) is 82.9 Å². The van der Waals surface area contributed by atoms with E-state index in [0.29, 0.717) is 38.6 Å². The van der Waals surface area contributed by atoms with Gasteiger partial charge in [0.25, 0.3) is 5.91 Å². The van der Waals surface area contributed by atoms with Crippen LogP contribution in [0.2, 0.25) is 0 Å². The van der Waals surface area contributed by atoms with E-state index >= 15 is 0 Å². The zero-order chi connectivity index (χ0) is 40.9. The summed E-state index contributed by atoms with van der Waals surface area (Å²) in [5.74, 6) is -3.98. The summed E-state index contributed by atoms with van der Waals surface area (Å²) in [6.45, 7) is 1.84. The second kappa shape index (κ2) is 29.4. The number of rotatable bonds is 29. The van der Waals surface area contributed by atoms with Crippen LogP contribution in [0.4, 0.5) is 0 Å². The first-order chi connectivity index (χ1) is 25.6. The van der Waals surface area contributed by atoms with Crippen molar-refractivity contribution in [1.29, 1.82) is 0 Å². The number of aliphatic hydroxyl groups excluding tert-OH is 1. The van der Waals surface area contributed by atoms with Crippen LogP contribution in [0.15, 0.2) is 0 Å². The summed E-state index contributed by atoms with van der Waals surface area (Å²) < 4.78 is 0. The molecule has 0 spiro atoms. The van der Waals surface area contributed by atoms with Gasteiger partial charge in [-0.25, -0.2) is 4.79 Å². The average molecular weight is 772 g/mol. The number of aldehydes is 2. The van der Waals surface area contributed by atoms with Crippen LogP contribution in [0, 0.1) is 0 Å². The van der Waals surface area contributed by atoms with Crippen molar-refractivity contribution in [3.8, 4) is 0 Å². The molecule has 21 nitrogen and oxygen atoms in total. The molecule has 0 aromatic carbocycles. The van der Waals surface area contributed by atoms with Crippen LogP contribution in [-0.2, 0) is 52.8 Å². The van der Waals surface area contributed by atoms with E-state index < -0.39 is 60.1 Å². The Hall–Kier alpha value is -5.02. The number of hydrogen-bond donors (Lipinski definition) is 8. The fourth-order valence-electron chi connectivity index (χ4n) is 4.45. The number of likely N-dealkylation sites (N-methyl/N-ethyl adjacent to an activating group) is 1. The zero-order valence-corrected chi connectivity index (χ0v) is 31.5. The lowest BCUT2D eigenvalue weighted by Gasteiger charge is -2.20. The van der Waals surface area contributed by atoms with E-state index in [9.17, 15) is 53.1 Å². The molecule has 0 aromatic heterocycles. The summed E-state index contributed by atoms with van der Waals surface area (Å²) in [4.78, 5) is 124. The van der Waals surface area contributed by atoms with E-state index in [2.05, 4.69) is 37.2 Å². The third-order valence-electron chi connectivity index (χ3n) is 7.47. The lowest BCUT2D eigenvalue weighted by molar-refractivity contribution is -0.192. The molecule has 0 fully saturated rings. The van der Waals surface area contributed by atoms with Crippen LogP contribution in [-0.4, -0.2) is 160 Å². The molecule has 306 valence electrons. The monoisotopic (exact) mass is 771 g/mol. The van der Waals surface area contributed by atoms with Gasteiger partial charge < -0.3 is 61.7 Å². The van der Waals surface area contributed by atoms with Gasteiger partial charge in [-0.15, -0.1) is 0 Å². The highest BCUT2D eigenvalue weighted by Crippen LogP contribution is 2.02. The van der Waals surface area contributed by atoms with Crippen molar-refractivity contribution in [2.45, 2.75) is 82.9 Å². The predicted octanol–water partition coefficient (Wildman–Crippen LogP) is -4.22. The lowest BCUT2D eigenvalue weighted by Crippen LogP contribution is -2.48. The molecule has 0 heterocycles. The summed E-state index contributed by atoms with van der Waals surface area (Å²) >= 11 is 0. The molecular formula is C33H57N9O12. The first-order valence-corrected chi connectivity index (χ1v) is 17.7. The minimum absolute atomic E-state index is 0.00206. The highest BCUT2D eigenvalue weighted by atomic mass is 16.7. The van der Waals surface area contributed by atoms with Crippen molar-refractivity contribution in [3.63, 3.8) is 0 Å². The van der Waals surface area contributed by atoms with Crippen molar-refractivity contribution >= 4 is 59.9 Å². The van der Waals surface area contributed by atoms with Gasteiger partial charge in [0.2, 0.25) is 35.4 Å². The lowest BCUT2D eigenvalue weighted by atomic mass is 10.1. The largest absolute Gasteiger partial charge is 0.385 e. The number of nitrogens with one attached hydrogen (secondary N) is 7. The Morgan fingerprint density at radius 2 is 1.44 bits per heavy atom. The molecule has 0 aliphatic heterocycles. The molecular weight excluding hydrogens is 714 g/mol. The first kappa shape index (κ1) is 49.0. The molecule has 8 N–H and O–H groups in total. The number of unbranched alkanes of at least 4 members (excludes halogenated alkanes) is 1. The van der Waals surface area contributed by atoms with Gasteiger partial charge >= 0.3 is 5.97 Å². The van der Waals surface area contributed by atoms with Crippen LogP contribution in [0.3, 0.4) is 0 Å². The summed E-state index contributed by atoms with van der Waals surface area (Å²) in [6, 6.07) is -1.24. The third kappa shape index (κ3) is 25.0. The highest BCUT2D eigenvalue weighted by molar-refractivity contribution is 5.91. The summed E-state index contributed by atoms with van der Waals surface area (Å²) in [5, 5.41) is 28.7. The van der Waals surface area contributed by atoms with Crippen LogP contribution in [0.1, 0.15) is 64.7 Å². The predicted molar refractivity (Wildman–Crippen MR) is 192 cm³/mol. The van der Waals surface area contributed by atoms with Crippen molar-refractivity contribution < 1.29 is 57.9 Å². The van der Waals surface area contributed by atoms with Crippen molar-refractivity contribution in [2.75, 3.05) is 67.0 Å². The molecule has 3 unspecified atom stereocenters. The van der Waals surface area contributed by atoms with Crippen molar-refractivity contribution in [3.05, 3.63) is 0 Å². The Bertz CT molecular complexity index is 1250. The second-order valence-corrected chi connectivity index (χ2v) is 12.3. The Morgan fingerprint density at radius 3 is 2.11 bits per heavy atom. The summed E-state index contributed by atoms with van der Waals surface area (Å²) in [6.07, 6.45) is 1.05. The van der Waals surface area contributed by atoms with Crippen LogP contribution < -0.4 is 37.2 Å². The SMILES string of the molecule is CNCC(=O)NC(CCCCNC(=O)CNC(=O)CNC(=O)C(C)NC(=O)CCCN(C)C(=O)CC(O)C=O)CNCCC(=O)ON(C)C(=O)CCC=O. The van der Waals surface area contributed by atoms with Crippen molar-refractivity contribution in [1.82, 2.24) is 47.2 Å². The molecule has 0 saturated carbocycles. The van der Waals surface area contributed by atoms with Gasteiger partial charge in [0, 0.05) is 65.6 Å². The molecule has 0 rings (SSSR count). The topological polar surface area (TPSA) is 291 Å². The van der Waals surface area contributed by atoms with Gasteiger partial charge in [-0.3, -0.25) is 33.6 Å². The normalized spacial score (nSPS) is 12.2. The molecule has 7 amide bonds. The Labute approximate surface area is 314 Å². The van der Waals surface area contributed by atoms with Crippen LogP contribution in [0.25, 0.3) is 0 Å². The maximum Gasteiger partial charge on any atom is 0.333 e. The molecule has 0 bridgehead atoms. The van der Waals surface area contributed by atoms with Gasteiger partial charge in [0.1, 0.15) is 24.7 Å². The fraction of sp³-hybridized carbons (Fsp3) is 0.697. The zero-order valence-electron chi connectivity index (χ0n) is 31.5. The van der Waals surface area contributed by atoms with Crippen LogP contribution >= 0.6 is 0 Å². The number of hydroxylamine groups is 2. The molecule has 54 heavy (non-hydrogen) atoms. The third-order valence-corrected chi connectivity index (χ3v) is 7.47. The maximum atomic E-state index is 12.3. The fourth-order valence-corrected chi connectivity index (χ4v) is 4.45. The molecule has 0 saturated heterocycles. The summed E-state index contributed by atoms with van der Waals surface area (Å²) in [7, 11) is 4.39. The molecule has 3 atom stereocenters. The smallest absolute Gasteiger partial charge is 0.333 e.